The maximum atomic E-state index is 12.1. The van der Waals surface area contributed by atoms with Gasteiger partial charge in [0.1, 0.15) is 5.82 Å². The lowest BCUT2D eigenvalue weighted by atomic mass is 10.1. The fraction of sp³-hybridized carbons (Fsp3) is 0.500. The number of hydrogen-bond donors (Lipinski definition) is 2. The molecule has 2 aromatic rings. The summed E-state index contributed by atoms with van der Waals surface area (Å²) < 4.78 is 0. The molecule has 0 spiro atoms. The number of aromatic amines is 1. The Hall–Kier alpha value is -1.72. The summed E-state index contributed by atoms with van der Waals surface area (Å²) >= 11 is 0. The number of aromatic nitrogens is 2. The third-order valence-corrected chi connectivity index (χ3v) is 4.33. The molecule has 1 saturated heterocycles. The van der Waals surface area contributed by atoms with Crippen LogP contribution in [0.4, 0.5) is 0 Å². The van der Waals surface area contributed by atoms with Crippen LogP contribution >= 0.6 is 0 Å². The van der Waals surface area contributed by atoms with Gasteiger partial charge < -0.3 is 10.1 Å². The molecule has 0 amide bonds. The Morgan fingerprint density at radius 3 is 3.14 bits per heavy atom. The number of H-pyrrole nitrogens is 1. The minimum Gasteiger partial charge on any atom is -0.395 e. The maximum absolute atomic E-state index is 12.1. The van der Waals surface area contributed by atoms with Crippen molar-refractivity contribution in [3.05, 3.63) is 39.9 Å². The predicted molar refractivity (Wildman–Crippen MR) is 82.5 cm³/mol. The van der Waals surface area contributed by atoms with E-state index in [-0.39, 0.29) is 18.2 Å². The Labute approximate surface area is 123 Å². The minimum atomic E-state index is -0.0705. The molecular formula is C16H21N3O2. The van der Waals surface area contributed by atoms with Crippen molar-refractivity contribution >= 4 is 10.9 Å². The second-order valence-electron chi connectivity index (χ2n) is 5.75. The number of rotatable bonds is 4. The van der Waals surface area contributed by atoms with Gasteiger partial charge in [0, 0.05) is 19.0 Å². The van der Waals surface area contributed by atoms with E-state index in [1.165, 1.54) is 0 Å². The van der Waals surface area contributed by atoms with Crippen molar-refractivity contribution in [1.29, 1.82) is 0 Å². The molecule has 21 heavy (non-hydrogen) atoms. The summed E-state index contributed by atoms with van der Waals surface area (Å²) in [6.45, 7) is 4.02. The molecule has 0 radical (unpaired) electrons. The van der Waals surface area contributed by atoms with Crippen LogP contribution in [0.15, 0.2) is 23.0 Å². The Bertz CT molecular complexity index is 695. The molecule has 1 aliphatic rings. The zero-order valence-electron chi connectivity index (χ0n) is 12.3. The van der Waals surface area contributed by atoms with Crippen LogP contribution in [0, 0.1) is 6.92 Å². The van der Waals surface area contributed by atoms with Gasteiger partial charge in [-0.25, -0.2) is 4.98 Å². The molecule has 2 heterocycles. The standard InChI is InChI=1S/C16H21N3O2/c1-11-4-2-6-13-15(11)17-14(18-16(13)21)7-9-19-8-3-5-12(19)10-20/h2,4,6,12,20H,3,5,7-10H2,1H3,(H,17,18,21)/t12-/m1/s1. The van der Waals surface area contributed by atoms with E-state index in [1.54, 1.807) is 6.07 Å². The van der Waals surface area contributed by atoms with Gasteiger partial charge in [-0.2, -0.15) is 0 Å². The van der Waals surface area contributed by atoms with E-state index >= 15 is 0 Å². The van der Waals surface area contributed by atoms with E-state index in [4.69, 9.17) is 0 Å². The highest BCUT2D eigenvalue weighted by atomic mass is 16.3. The number of fused-ring (bicyclic) bond motifs is 1. The van der Waals surface area contributed by atoms with Crippen molar-refractivity contribution in [2.45, 2.75) is 32.2 Å². The first-order valence-corrected chi connectivity index (χ1v) is 7.52. The van der Waals surface area contributed by atoms with Crippen molar-refractivity contribution in [3.63, 3.8) is 0 Å². The number of hydrogen-bond acceptors (Lipinski definition) is 4. The zero-order chi connectivity index (χ0) is 14.8. The van der Waals surface area contributed by atoms with Crippen LogP contribution in [0.25, 0.3) is 10.9 Å². The van der Waals surface area contributed by atoms with E-state index in [1.807, 2.05) is 19.1 Å². The Balaban J connectivity index is 1.81. The molecule has 2 N–H and O–H groups in total. The number of likely N-dealkylation sites (tertiary alicyclic amines) is 1. The fourth-order valence-electron chi connectivity index (χ4n) is 3.12. The summed E-state index contributed by atoms with van der Waals surface area (Å²) in [5.41, 5.74) is 1.74. The monoisotopic (exact) mass is 287 g/mol. The fourth-order valence-corrected chi connectivity index (χ4v) is 3.12. The van der Waals surface area contributed by atoms with E-state index in [0.717, 1.165) is 42.8 Å². The van der Waals surface area contributed by atoms with Crippen LogP contribution in [0.1, 0.15) is 24.2 Å². The normalized spacial score (nSPS) is 19.4. The van der Waals surface area contributed by atoms with Crippen LogP contribution in [-0.2, 0) is 6.42 Å². The number of aliphatic hydroxyl groups excluding tert-OH is 1. The van der Waals surface area contributed by atoms with Gasteiger partial charge in [-0.3, -0.25) is 9.69 Å². The van der Waals surface area contributed by atoms with Crippen molar-refractivity contribution in [1.82, 2.24) is 14.9 Å². The summed E-state index contributed by atoms with van der Waals surface area (Å²) in [5, 5.41) is 9.99. The molecule has 0 bridgehead atoms. The first-order valence-electron chi connectivity index (χ1n) is 7.52. The van der Waals surface area contributed by atoms with Gasteiger partial charge >= 0.3 is 0 Å². The Kier molecular flexibility index (Phi) is 4.03. The van der Waals surface area contributed by atoms with Crippen LogP contribution in [-0.4, -0.2) is 45.7 Å². The van der Waals surface area contributed by atoms with Gasteiger partial charge in [0.2, 0.25) is 0 Å². The molecule has 112 valence electrons. The third-order valence-electron chi connectivity index (χ3n) is 4.33. The summed E-state index contributed by atoms with van der Waals surface area (Å²) in [5.74, 6) is 0.727. The van der Waals surface area contributed by atoms with Crippen LogP contribution in [0.3, 0.4) is 0 Å². The van der Waals surface area contributed by atoms with Gasteiger partial charge in [0.25, 0.3) is 5.56 Å². The molecule has 3 rings (SSSR count). The number of aryl methyl sites for hydroxylation is 1. The highest BCUT2D eigenvalue weighted by Crippen LogP contribution is 2.17. The largest absolute Gasteiger partial charge is 0.395 e. The summed E-state index contributed by atoms with van der Waals surface area (Å²) in [4.78, 5) is 21.9. The van der Waals surface area contributed by atoms with Gasteiger partial charge in [0.05, 0.1) is 17.5 Å². The third kappa shape index (κ3) is 2.84. The van der Waals surface area contributed by atoms with Gasteiger partial charge in [-0.15, -0.1) is 0 Å². The van der Waals surface area contributed by atoms with Gasteiger partial charge in [0.15, 0.2) is 0 Å². The lowest BCUT2D eigenvalue weighted by Crippen LogP contribution is -2.34. The summed E-state index contributed by atoms with van der Waals surface area (Å²) in [6, 6.07) is 5.92. The molecule has 1 aromatic carbocycles. The SMILES string of the molecule is Cc1cccc2c(=O)[nH]c(CCN3CCC[C@@H]3CO)nc12. The molecule has 1 fully saturated rings. The molecular weight excluding hydrogens is 266 g/mol. The molecule has 1 aromatic heterocycles. The molecule has 0 saturated carbocycles. The van der Waals surface area contributed by atoms with Gasteiger partial charge in [-0.05, 0) is 37.9 Å². The first kappa shape index (κ1) is 14.2. The second kappa shape index (κ2) is 5.95. The smallest absolute Gasteiger partial charge is 0.258 e. The van der Waals surface area contributed by atoms with Crippen LogP contribution < -0.4 is 5.56 Å². The van der Waals surface area contributed by atoms with Crippen molar-refractivity contribution in [2.75, 3.05) is 19.7 Å². The van der Waals surface area contributed by atoms with Crippen LogP contribution in [0.2, 0.25) is 0 Å². The van der Waals surface area contributed by atoms with E-state index < -0.39 is 0 Å². The molecule has 1 aliphatic heterocycles. The molecule has 0 aliphatic carbocycles. The predicted octanol–water partition coefficient (Wildman–Crippen LogP) is 1.23. The molecule has 5 nitrogen and oxygen atoms in total. The zero-order valence-corrected chi connectivity index (χ0v) is 12.3. The average Bonchev–Trinajstić information content (AvgIpc) is 2.94. The number of nitrogens with one attached hydrogen (secondary N) is 1. The lowest BCUT2D eigenvalue weighted by molar-refractivity contribution is 0.159. The Morgan fingerprint density at radius 2 is 2.33 bits per heavy atom. The first-order chi connectivity index (χ1) is 10.2. The van der Waals surface area contributed by atoms with Crippen molar-refractivity contribution in [3.8, 4) is 0 Å². The van der Waals surface area contributed by atoms with Crippen molar-refractivity contribution in [2.24, 2.45) is 0 Å². The second-order valence-corrected chi connectivity index (χ2v) is 5.75. The molecule has 5 heteroatoms. The van der Waals surface area contributed by atoms with E-state index in [9.17, 15) is 9.90 Å². The molecule has 1 atom stereocenters. The van der Waals surface area contributed by atoms with Gasteiger partial charge in [-0.1, -0.05) is 12.1 Å². The highest BCUT2D eigenvalue weighted by molar-refractivity contribution is 5.80. The highest BCUT2D eigenvalue weighted by Gasteiger charge is 2.23. The molecule has 0 unspecified atom stereocenters. The number of para-hydroxylation sites is 1. The summed E-state index contributed by atoms with van der Waals surface area (Å²) in [7, 11) is 0. The number of nitrogens with zero attached hydrogens (tertiary/aromatic N) is 2. The van der Waals surface area contributed by atoms with Crippen LogP contribution in [0.5, 0.6) is 0 Å². The quantitative estimate of drug-likeness (QED) is 0.887. The van der Waals surface area contributed by atoms with Crippen molar-refractivity contribution < 1.29 is 5.11 Å². The van der Waals surface area contributed by atoms with E-state index in [0.29, 0.717) is 11.8 Å². The Morgan fingerprint density at radius 1 is 1.48 bits per heavy atom. The summed E-state index contributed by atoms with van der Waals surface area (Å²) in [6.07, 6.45) is 2.89. The van der Waals surface area contributed by atoms with E-state index in [2.05, 4.69) is 14.9 Å². The lowest BCUT2D eigenvalue weighted by Gasteiger charge is -2.22. The number of aliphatic hydroxyl groups is 1. The minimum absolute atomic E-state index is 0.0705. The maximum Gasteiger partial charge on any atom is 0.258 e. The topological polar surface area (TPSA) is 69.2 Å². The number of benzene rings is 1. The average molecular weight is 287 g/mol.